The van der Waals surface area contributed by atoms with Gasteiger partial charge in [-0.1, -0.05) is 54.6 Å². The number of carbonyl (C=O) groups is 1. The summed E-state index contributed by atoms with van der Waals surface area (Å²) in [5.41, 5.74) is 2.00. The number of amides is 1. The maximum absolute atomic E-state index is 13.7. The Bertz CT molecular complexity index is 1040. The molecule has 1 aliphatic heterocycles. The van der Waals surface area contributed by atoms with Crippen LogP contribution in [0.15, 0.2) is 66.7 Å². The van der Waals surface area contributed by atoms with Crippen molar-refractivity contribution in [2.75, 3.05) is 13.2 Å². The summed E-state index contributed by atoms with van der Waals surface area (Å²) in [6.07, 6.45) is 3.51. The quantitative estimate of drug-likeness (QED) is 0.498. The van der Waals surface area contributed by atoms with Gasteiger partial charge in [0, 0.05) is 13.0 Å². The van der Waals surface area contributed by atoms with Crippen LogP contribution in [0, 0.1) is 11.7 Å². The van der Waals surface area contributed by atoms with E-state index in [1.54, 1.807) is 12.1 Å². The largest absolute Gasteiger partial charge is 0.371 e. The van der Waals surface area contributed by atoms with Crippen LogP contribution in [0.3, 0.4) is 0 Å². The van der Waals surface area contributed by atoms with Gasteiger partial charge in [-0.25, -0.2) is 4.39 Å². The van der Waals surface area contributed by atoms with Crippen molar-refractivity contribution in [1.29, 1.82) is 0 Å². The molecule has 1 heterocycles. The van der Waals surface area contributed by atoms with Gasteiger partial charge in [0.05, 0.1) is 12.6 Å². The fraction of sp³-hybridized carbons (Fsp3) is 0.346. The molecule has 2 atom stereocenters. The third-order valence-electron chi connectivity index (χ3n) is 6.28. The molecule has 0 aromatic heterocycles. The van der Waals surface area contributed by atoms with Crippen molar-refractivity contribution in [3.05, 3.63) is 83.7 Å². The monoisotopic (exact) mass is 403 g/mol. The van der Waals surface area contributed by atoms with Crippen LogP contribution in [0.1, 0.15) is 49.0 Å². The normalized spacial score (nSPS) is 18.7. The second-order valence-corrected chi connectivity index (χ2v) is 8.45. The summed E-state index contributed by atoms with van der Waals surface area (Å²) in [4.78, 5) is 14.7. The van der Waals surface area contributed by atoms with E-state index in [9.17, 15) is 9.18 Å². The number of nitrogens with zero attached hydrogens (tertiary/aromatic N) is 1. The third kappa shape index (κ3) is 3.84. The molecule has 2 fully saturated rings. The van der Waals surface area contributed by atoms with E-state index >= 15 is 0 Å². The average Bonchev–Trinajstić information content (AvgIpc) is 3.51. The molecule has 1 amide bonds. The van der Waals surface area contributed by atoms with E-state index in [4.69, 9.17) is 4.74 Å². The lowest BCUT2D eigenvalue weighted by Crippen LogP contribution is -2.35. The molecule has 0 unspecified atom stereocenters. The second kappa shape index (κ2) is 8.19. The highest BCUT2D eigenvalue weighted by Gasteiger charge is 2.38. The molecule has 3 nitrogen and oxygen atoms in total. The highest BCUT2D eigenvalue weighted by molar-refractivity contribution is 5.86. The molecule has 0 radical (unpaired) electrons. The van der Waals surface area contributed by atoms with Crippen molar-refractivity contribution in [2.24, 2.45) is 5.92 Å². The number of likely N-dealkylation sites (tertiary alicyclic amines) is 1. The van der Waals surface area contributed by atoms with E-state index in [1.807, 2.05) is 17.0 Å². The molecular formula is C26H26FNO2. The number of carbonyl (C=O) groups excluding carboxylic acids is 1. The van der Waals surface area contributed by atoms with E-state index in [0.717, 1.165) is 28.3 Å². The number of hydrogen-bond acceptors (Lipinski definition) is 2. The molecule has 5 rings (SSSR count). The van der Waals surface area contributed by atoms with Crippen LogP contribution in [-0.2, 0) is 9.53 Å². The Morgan fingerprint density at radius 2 is 1.77 bits per heavy atom. The zero-order valence-electron chi connectivity index (χ0n) is 17.0. The summed E-state index contributed by atoms with van der Waals surface area (Å²) in [5.74, 6) is 0.473. The van der Waals surface area contributed by atoms with E-state index in [2.05, 4.69) is 30.3 Å². The molecule has 0 bridgehead atoms. The van der Waals surface area contributed by atoms with Gasteiger partial charge in [-0.15, -0.1) is 0 Å². The average molecular weight is 403 g/mol. The number of fused-ring (bicyclic) bond motifs is 1. The molecule has 4 heteroatoms. The maximum atomic E-state index is 13.7. The van der Waals surface area contributed by atoms with Crippen LogP contribution in [0.5, 0.6) is 0 Å². The minimum atomic E-state index is -0.302. The summed E-state index contributed by atoms with van der Waals surface area (Å²) in [5, 5.41) is 2.29. The molecule has 2 aliphatic rings. The third-order valence-corrected chi connectivity index (χ3v) is 6.28. The Labute approximate surface area is 176 Å². The predicted octanol–water partition coefficient (Wildman–Crippen LogP) is 5.81. The molecule has 1 aliphatic carbocycles. The molecule has 30 heavy (non-hydrogen) atoms. The van der Waals surface area contributed by atoms with Crippen LogP contribution in [0.2, 0.25) is 0 Å². The summed E-state index contributed by atoms with van der Waals surface area (Å²) in [6, 6.07) is 20.8. The number of rotatable bonds is 7. The van der Waals surface area contributed by atoms with Crippen molar-refractivity contribution in [3.63, 3.8) is 0 Å². The zero-order valence-corrected chi connectivity index (χ0v) is 17.0. The molecule has 1 saturated carbocycles. The van der Waals surface area contributed by atoms with E-state index in [1.165, 1.54) is 25.0 Å². The molecule has 154 valence electrons. The number of ether oxygens (including phenoxy) is 1. The number of halogens is 1. The van der Waals surface area contributed by atoms with Gasteiger partial charge in [0.15, 0.2) is 0 Å². The Hall–Kier alpha value is -2.72. The molecule has 3 aromatic carbocycles. The van der Waals surface area contributed by atoms with Gasteiger partial charge in [-0.3, -0.25) is 4.79 Å². The number of benzene rings is 3. The van der Waals surface area contributed by atoms with Gasteiger partial charge in [0.2, 0.25) is 5.91 Å². The standard InChI is InChI=1S/C26H26FNO2/c27-21-14-12-20(13-15-21)25(28-16-4-9-24(28)29)26(30-17-18-10-11-18)23-8-3-6-19-5-1-2-7-22(19)23/h1-3,5-8,12-15,18,25-26H,4,9-11,16-17H2/t25-,26-/m1/s1. The molecule has 3 aromatic rings. The van der Waals surface area contributed by atoms with E-state index < -0.39 is 0 Å². The Balaban J connectivity index is 1.63. The van der Waals surface area contributed by atoms with Gasteiger partial charge in [0.1, 0.15) is 11.9 Å². The first kappa shape index (κ1) is 19.3. The fourth-order valence-electron chi connectivity index (χ4n) is 4.52. The van der Waals surface area contributed by atoms with Crippen molar-refractivity contribution >= 4 is 16.7 Å². The smallest absolute Gasteiger partial charge is 0.223 e. The Morgan fingerprint density at radius 1 is 1.00 bits per heavy atom. The molecule has 1 saturated heterocycles. The van der Waals surface area contributed by atoms with Gasteiger partial charge in [-0.05, 0) is 59.2 Å². The van der Waals surface area contributed by atoms with Gasteiger partial charge in [0.25, 0.3) is 0 Å². The summed E-state index contributed by atoms with van der Waals surface area (Å²) in [6.45, 7) is 1.39. The topological polar surface area (TPSA) is 29.5 Å². The number of hydrogen-bond donors (Lipinski definition) is 0. The summed E-state index contributed by atoms with van der Waals surface area (Å²) >= 11 is 0. The van der Waals surface area contributed by atoms with Gasteiger partial charge < -0.3 is 9.64 Å². The van der Waals surface area contributed by atoms with Crippen molar-refractivity contribution in [3.8, 4) is 0 Å². The van der Waals surface area contributed by atoms with Crippen molar-refractivity contribution in [1.82, 2.24) is 4.90 Å². The first-order valence-corrected chi connectivity index (χ1v) is 10.8. The highest BCUT2D eigenvalue weighted by Crippen LogP contribution is 2.43. The molecule has 0 N–H and O–H groups in total. The van der Waals surface area contributed by atoms with Crippen LogP contribution >= 0.6 is 0 Å². The van der Waals surface area contributed by atoms with Gasteiger partial charge in [-0.2, -0.15) is 0 Å². The minimum Gasteiger partial charge on any atom is -0.371 e. The predicted molar refractivity (Wildman–Crippen MR) is 115 cm³/mol. The zero-order chi connectivity index (χ0) is 20.5. The second-order valence-electron chi connectivity index (χ2n) is 8.45. The Kier molecular flexibility index (Phi) is 5.26. The lowest BCUT2D eigenvalue weighted by molar-refractivity contribution is -0.133. The van der Waals surface area contributed by atoms with Crippen LogP contribution < -0.4 is 0 Å². The van der Waals surface area contributed by atoms with Gasteiger partial charge >= 0.3 is 0 Å². The SMILES string of the molecule is O=C1CCCN1[C@H](c1ccc(F)cc1)[C@H](OCC1CC1)c1cccc2ccccc12. The first-order chi connectivity index (χ1) is 14.7. The minimum absolute atomic E-state index is 0.143. The van der Waals surface area contributed by atoms with Crippen LogP contribution in [0.4, 0.5) is 4.39 Å². The van der Waals surface area contributed by atoms with Crippen LogP contribution in [0.25, 0.3) is 10.8 Å². The maximum Gasteiger partial charge on any atom is 0.223 e. The van der Waals surface area contributed by atoms with Crippen molar-refractivity contribution < 1.29 is 13.9 Å². The molecular weight excluding hydrogens is 377 g/mol. The van der Waals surface area contributed by atoms with E-state index in [0.29, 0.717) is 25.5 Å². The van der Waals surface area contributed by atoms with E-state index in [-0.39, 0.29) is 23.9 Å². The Morgan fingerprint density at radius 3 is 2.50 bits per heavy atom. The summed E-state index contributed by atoms with van der Waals surface area (Å²) in [7, 11) is 0. The summed E-state index contributed by atoms with van der Waals surface area (Å²) < 4.78 is 20.3. The van der Waals surface area contributed by atoms with Crippen molar-refractivity contribution in [2.45, 2.75) is 37.8 Å². The van der Waals surface area contributed by atoms with Crippen LogP contribution in [-0.4, -0.2) is 24.0 Å². The highest BCUT2D eigenvalue weighted by atomic mass is 19.1. The fourth-order valence-corrected chi connectivity index (χ4v) is 4.52. The lowest BCUT2D eigenvalue weighted by atomic mass is 9.91. The first-order valence-electron chi connectivity index (χ1n) is 10.8. The lowest BCUT2D eigenvalue weighted by Gasteiger charge is -2.36. The molecule has 0 spiro atoms.